The molecule has 0 saturated heterocycles. The summed E-state index contributed by atoms with van der Waals surface area (Å²) >= 11 is 6.01. The number of anilines is 1. The van der Waals surface area contributed by atoms with Crippen LogP contribution < -0.4 is 10.5 Å². The normalized spacial score (nSPS) is 14.1. The zero-order valence-electron chi connectivity index (χ0n) is 15.0. The van der Waals surface area contributed by atoms with E-state index in [4.69, 9.17) is 16.6 Å². The summed E-state index contributed by atoms with van der Waals surface area (Å²) in [5, 5.41) is 0.723. The van der Waals surface area contributed by atoms with Crippen molar-refractivity contribution in [2.45, 2.75) is 6.42 Å². The maximum atomic E-state index is 12.5. The van der Waals surface area contributed by atoms with Gasteiger partial charge in [0, 0.05) is 49.2 Å². The van der Waals surface area contributed by atoms with Gasteiger partial charge in [0.2, 0.25) is 5.95 Å². The van der Waals surface area contributed by atoms with Crippen LogP contribution in [0.15, 0.2) is 65.7 Å². The van der Waals surface area contributed by atoms with Gasteiger partial charge in [0.1, 0.15) is 0 Å². The minimum Gasteiger partial charge on any atom is -0.338 e. The lowest BCUT2D eigenvalue weighted by molar-refractivity contribution is 0.727. The van der Waals surface area contributed by atoms with Crippen molar-refractivity contribution in [3.63, 3.8) is 0 Å². The third-order valence-corrected chi connectivity index (χ3v) is 4.99. The van der Waals surface area contributed by atoms with Gasteiger partial charge in [-0.2, -0.15) is 0 Å². The molecule has 0 saturated carbocycles. The van der Waals surface area contributed by atoms with Gasteiger partial charge in [0.15, 0.2) is 0 Å². The van der Waals surface area contributed by atoms with E-state index in [0.717, 1.165) is 29.1 Å². The van der Waals surface area contributed by atoms with Crippen molar-refractivity contribution in [3.8, 4) is 11.3 Å². The van der Waals surface area contributed by atoms with Crippen LogP contribution in [-0.4, -0.2) is 27.6 Å². The number of benzene rings is 1. The number of hydrogen-bond acceptors (Lipinski definition) is 4. The molecule has 1 aliphatic heterocycles. The maximum Gasteiger partial charge on any atom is 0.255 e. The summed E-state index contributed by atoms with van der Waals surface area (Å²) in [6, 6.07) is 13.1. The highest BCUT2D eigenvalue weighted by molar-refractivity contribution is 6.30. The third kappa shape index (κ3) is 3.64. The first kappa shape index (κ1) is 17.5. The Morgan fingerprint density at radius 3 is 2.52 bits per heavy atom. The monoisotopic (exact) mass is 378 g/mol. The van der Waals surface area contributed by atoms with Crippen molar-refractivity contribution in [2.24, 2.45) is 7.05 Å². The minimum absolute atomic E-state index is 0.0746. The lowest BCUT2D eigenvalue weighted by atomic mass is 10.0. The van der Waals surface area contributed by atoms with Gasteiger partial charge in [0.05, 0.1) is 5.69 Å². The van der Waals surface area contributed by atoms with Crippen LogP contribution in [0.1, 0.15) is 12.0 Å². The third-order valence-electron chi connectivity index (χ3n) is 4.74. The van der Waals surface area contributed by atoms with Crippen LogP contribution >= 0.6 is 11.6 Å². The average molecular weight is 379 g/mol. The van der Waals surface area contributed by atoms with E-state index in [1.807, 2.05) is 36.4 Å². The van der Waals surface area contributed by atoms with E-state index in [2.05, 4.69) is 16.0 Å². The molecular weight excluding hydrogens is 360 g/mol. The zero-order valence-corrected chi connectivity index (χ0v) is 15.7. The van der Waals surface area contributed by atoms with Crippen LogP contribution in [0.25, 0.3) is 16.8 Å². The predicted octanol–water partition coefficient (Wildman–Crippen LogP) is 3.79. The number of pyridine rings is 1. The van der Waals surface area contributed by atoms with Gasteiger partial charge in [-0.3, -0.25) is 14.3 Å². The first-order chi connectivity index (χ1) is 13.1. The second kappa shape index (κ2) is 7.37. The Bertz CT molecular complexity index is 1040. The molecule has 3 heterocycles. The van der Waals surface area contributed by atoms with Crippen molar-refractivity contribution in [1.29, 1.82) is 0 Å². The lowest BCUT2D eigenvalue weighted by Crippen LogP contribution is -2.35. The molecule has 4 rings (SSSR count). The van der Waals surface area contributed by atoms with Gasteiger partial charge in [-0.1, -0.05) is 29.8 Å². The number of hydrogen-bond donors (Lipinski definition) is 0. The van der Waals surface area contributed by atoms with E-state index in [1.54, 1.807) is 30.1 Å². The summed E-state index contributed by atoms with van der Waals surface area (Å²) in [6.07, 6.45) is 6.55. The fourth-order valence-corrected chi connectivity index (χ4v) is 3.39. The van der Waals surface area contributed by atoms with Crippen LogP contribution in [0, 0.1) is 0 Å². The zero-order chi connectivity index (χ0) is 18.8. The van der Waals surface area contributed by atoms with E-state index in [0.29, 0.717) is 18.2 Å². The first-order valence-electron chi connectivity index (χ1n) is 8.80. The van der Waals surface area contributed by atoms with Gasteiger partial charge in [-0.15, -0.1) is 0 Å². The highest BCUT2D eigenvalue weighted by Gasteiger charge is 2.19. The fourth-order valence-electron chi connectivity index (χ4n) is 3.27. The molecule has 0 aliphatic carbocycles. The Hall–Kier alpha value is -2.92. The topological polar surface area (TPSA) is 51.0 Å². The molecule has 5 nitrogen and oxygen atoms in total. The Labute approximate surface area is 162 Å². The second-order valence-corrected chi connectivity index (χ2v) is 6.96. The average Bonchev–Trinajstić information content (AvgIpc) is 2.71. The Balaban J connectivity index is 1.69. The summed E-state index contributed by atoms with van der Waals surface area (Å²) in [6.45, 7) is 1.51. The number of rotatable bonds is 3. The summed E-state index contributed by atoms with van der Waals surface area (Å²) in [7, 11) is 1.77. The molecule has 1 aromatic carbocycles. The molecule has 2 aromatic heterocycles. The smallest absolute Gasteiger partial charge is 0.255 e. The molecule has 136 valence electrons. The lowest BCUT2D eigenvalue weighted by Gasteiger charge is -2.30. The minimum atomic E-state index is -0.0746. The predicted molar refractivity (Wildman–Crippen MR) is 109 cm³/mol. The van der Waals surface area contributed by atoms with Crippen LogP contribution in [0.4, 0.5) is 5.95 Å². The highest BCUT2D eigenvalue weighted by Crippen LogP contribution is 2.26. The van der Waals surface area contributed by atoms with Crippen LogP contribution in [-0.2, 0) is 7.05 Å². The van der Waals surface area contributed by atoms with Gasteiger partial charge < -0.3 is 4.90 Å². The van der Waals surface area contributed by atoms with E-state index >= 15 is 0 Å². The molecule has 0 atom stereocenters. The molecule has 0 fully saturated rings. The van der Waals surface area contributed by atoms with E-state index in [-0.39, 0.29) is 5.56 Å². The molecule has 0 bridgehead atoms. The molecule has 0 unspecified atom stereocenters. The Morgan fingerprint density at radius 1 is 1.04 bits per heavy atom. The maximum absolute atomic E-state index is 12.5. The molecule has 27 heavy (non-hydrogen) atoms. The molecule has 1 aliphatic rings. The number of nitrogens with zero attached hydrogens (tertiary/aromatic N) is 4. The number of halogens is 1. The molecule has 0 radical (unpaired) electrons. The summed E-state index contributed by atoms with van der Waals surface area (Å²) < 4.78 is 1.61. The van der Waals surface area contributed by atoms with Crippen LogP contribution in [0.2, 0.25) is 5.02 Å². The standard InChI is InChI=1S/C21H19ClN4O/c1-25-20(27)13-19(16-8-10-23-11-9-16)24-21(25)26-12-2-3-17(14-26)15-4-6-18(22)7-5-15/h3-11,13H,2,12,14H2,1H3. The van der Waals surface area contributed by atoms with Crippen molar-refractivity contribution in [1.82, 2.24) is 14.5 Å². The van der Waals surface area contributed by atoms with E-state index < -0.39 is 0 Å². The van der Waals surface area contributed by atoms with Crippen LogP contribution in [0.5, 0.6) is 0 Å². The largest absolute Gasteiger partial charge is 0.338 e. The summed E-state index contributed by atoms with van der Waals surface area (Å²) in [4.78, 5) is 23.5. The Kier molecular flexibility index (Phi) is 4.77. The summed E-state index contributed by atoms with van der Waals surface area (Å²) in [5.41, 5.74) is 3.82. The molecule has 3 aromatic rings. The van der Waals surface area contributed by atoms with Crippen molar-refractivity contribution >= 4 is 23.1 Å². The quantitative estimate of drug-likeness (QED) is 0.695. The van der Waals surface area contributed by atoms with Crippen molar-refractivity contribution < 1.29 is 0 Å². The molecule has 6 heteroatoms. The van der Waals surface area contributed by atoms with E-state index in [9.17, 15) is 4.79 Å². The SMILES string of the molecule is Cn1c(N2CCC=C(c3ccc(Cl)cc3)C2)nc(-c2ccncc2)cc1=O. The Morgan fingerprint density at radius 2 is 1.78 bits per heavy atom. The van der Waals surface area contributed by atoms with Crippen molar-refractivity contribution in [3.05, 3.63) is 81.9 Å². The number of aromatic nitrogens is 3. The second-order valence-electron chi connectivity index (χ2n) is 6.52. The van der Waals surface area contributed by atoms with E-state index in [1.165, 1.54) is 5.57 Å². The summed E-state index contributed by atoms with van der Waals surface area (Å²) in [5.74, 6) is 0.675. The van der Waals surface area contributed by atoms with Gasteiger partial charge >= 0.3 is 0 Å². The first-order valence-corrected chi connectivity index (χ1v) is 9.18. The molecule has 0 N–H and O–H groups in total. The highest BCUT2D eigenvalue weighted by atomic mass is 35.5. The van der Waals surface area contributed by atoms with Gasteiger partial charge in [-0.25, -0.2) is 4.98 Å². The molecule has 0 amide bonds. The molecular formula is C21H19ClN4O. The van der Waals surface area contributed by atoms with Gasteiger partial charge in [0.25, 0.3) is 5.56 Å². The van der Waals surface area contributed by atoms with Gasteiger partial charge in [-0.05, 0) is 41.8 Å². The molecule has 0 spiro atoms. The fraction of sp³-hybridized carbons (Fsp3) is 0.190. The van der Waals surface area contributed by atoms with Crippen LogP contribution in [0.3, 0.4) is 0 Å². The van der Waals surface area contributed by atoms with Crippen molar-refractivity contribution in [2.75, 3.05) is 18.0 Å².